The lowest BCUT2D eigenvalue weighted by Gasteiger charge is -1.95. The van der Waals surface area contributed by atoms with Crippen molar-refractivity contribution in [3.05, 3.63) is 11.6 Å². The number of H-pyrrole nitrogens is 1. The Kier molecular flexibility index (Phi) is 6.05. The Hall–Kier alpha value is -0.860. The van der Waals surface area contributed by atoms with Crippen LogP contribution in [0.5, 0.6) is 0 Å². The van der Waals surface area contributed by atoms with E-state index in [-0.39, 0.29) is 0 Å². The highest BCUT2D eigenvalue weighted by Crippen LogP contribution is 2.04. The zero-order valence-corrected chi connectivity index (χ0v) is 10.1. The summed E-state index contributed by atoms with van der Waals surface area (Å²) in [5.41, 5.74) is 0. The number of nitrogens with zero attached hydrogens (tertiary/aromatic N) is 2. The Morgan fingerprint density at radius 3 is 1.67 bits per heavy atom. The Balaban J connectivity index is 2.23. The van der Waals surface area contributed by atoms with E-state index in [4.69, 9.17) is 0 Å². The van der Waals surface area contributed by atoms with Gasteiger partial charge in [0.05, 0.1) is 0 Å². The monoisotopic (exact) mass is 209 g/mol. The summed E-state index contributed by atoms with van der Waals surface area (Å²) < 4.78 is 0. The molecule has 0 amide bonds. The van der Waals surface area contributed by atoms with E-state index in [0.29, 0.717) is 0 Å². The van der Waals surface area contributed by atoms with Gasteiger partial charge in [-0.2, -0.15) is 0 Å². The Bertz CT molecular complexity index is 231. The second-order valence-electron chi connectivity index (χ2n) is 4.13. The Morgan fingerprint density at radius 1 is 0.800 bits per heavy atom. The van der Waals surface area contributed by atoms with Crippen molar-refractivity contribution >= 4 is 0 Å². The van der Waals surface area contributed by atoms with Crippen LogP contribution in [0.1, 0.15) is 64.0 Å². The van der Waals surface area contributed by atoms with Gasteiger partial charge in [0.2, 0.25) is 0 Å². The summed E-state index contributed by atoms with van der Waals surface area (Å²) in [6, 6.07) is 0. The molecule has 3 nitrogen and oxygen atoms in total. The van der Waals surface area contributed by atoms with Gasteiger partial charge in [0.15, 0.2) is 0 Å². The van der Waals surface area contributed by atoms with Gasteiger partial charge >= 0.3 is 0 Å². The predicted octanol–water partition coefficient (Wildman–Crippen LogP) is 3.27. The lowest BCUT2D eigenvalue weighted by atomic mass is 10.2. The first-order chi connectivity index (χ1) is 7.36. The molecule has 0 aliphatic heterocycles. The fourth-order valence-corrected chi connectivity index (χ4v) is 1.65. The van der Waals surface area contributed by atoms with Crippen molar-refractivity contribution in [2.45, 2.75) is 65.2 Å². The maximum absolute atomic E-state index is 4.16. The summed E-state index contributed by atoms with van der Waals surface area (Å²) in [6.07, 6.45) is 9.64. The molecule has 1 aromatic heterocycles. The number of aromatic nitrogens is 3. The zero-order chi connectivity index (χ0) is 10.9. The fraction of sp³-hybridized carbons (Fsp3) is 0.833. The second kappa shape index (κ2) is 7.43. The Labute approximate surface area is 92.7 Å². The molecule has 0 aliphatic carbocycles. The molecule has 1 heterocycles. The highest BCUT2D eigenvalue weighted by atomic mass is 15.2. The van der Waals surface area contributed by atoms with Crippen LogP contribution >= 0.6 is 0 Å². The number of hydrogen-bond donors (Lipinski definition) is 1. The van der Waals surface area contributed by atoms with Crippen LogP contribution in [0.4, 0.5) is 0 Å². The number of nitrogens with one attached hydrogen (secondary N) is 1. The molecular weight excluding hydrogens is 186 g/mol. The third-order valence-corrected chi connectivity index (χ3v) is 2.61. The highest BCUT2D eigenvalue weighted by Gasteiger charge is 2.01. The highest BCUT2D eigenvalue weighted by molar-refractivity contribution is 4.90. The Morgan fingerprint density at radius 2 is 1.27 bits per heavy atom. The number of aromatic amines is 1. The molecule has 15 heavy (non-hydrogen) atoms. The summed E-state index contributed by atoms with van der Waals surface area (Å²) in [7, 11) is 0. The lowest BCUT2D eigenvalue weighted by Crippen LogP contribution is -1.90. The van der Waals surface area contributed by atoms with Crippen LogP contribution in [-0.4, -0.2) is 15.2 Å². The third-order valence-electron chi connectivity index (χ3n) is 2.61. The first kappa shape index (κ1) is 12.2. The minimum Gasteiger partial charge on any atom is -0.329 e. The SMILES string of the molecule is CCCCCc1nnc(CCCCC)[nH]1. The zero-order valence-electron chi connectivity index (χ0n) is 10.1. The van der Waals surface area contributed by atoms with E-state index < -0.39 is 0 Å². The van der Waals surface area contributed by atoms with Gasteiger partial charge in [-0.1, -0.05) is 39.5 Å². The summed E-state index contributed by atoms with van der Waals surface area (Å²) in [5, 5.41) is 8.32. The summed E-state index contributed by atoms with van der Waals surface area (Å²) in [5.74, 6) is 2.13. The van der Waals surface area contributed by atoms with E-state index in [1.54, 1.807) is 0 Å². The van der Waals surface area contributed by atoms with Crippen molar-refractivity contribution in [1.82, 2.24) is 15.2 Å². The van der Waals surface area contributed by atoms with E-state index >= 15 is 0 Å². The van der Waals surface area contributed by atoms with Crippen molar-refractivity contribution in [2.75, 3.05) is 0 Å². The third kappa shape index (κ3) is 4.96. The molecule has 0 radical (unpaired) electrons. The molecule has 0 saturated heterocycles. The standard InChI is InChI=1S/C12H23N3/c1-3-5-7-9-11-13-12(15-14-11)10-8-6-4-2/h3-10H2,1-2H3,(H,13,14,15). The number of aryl methyl sites for hydroxylation is 2. The van der Waals surface area contributed by atoms with Gasteiger partial charge in [-0.3, -0.25) is 0 Å². The average Bonchev–Trinajstić information content (AvgIpc) is 2.67. The number of unbranched alkanes of at least 4 members (excludes halogenated alkanes) is 4. The van der Waals surface area contributed by atoms with Gasteiger partial charge in [0.1, 0.15) is 11.6 Å². The van der Waals surface area contributed by atoms with Crippen LogP contribution in [-0.2, 0) is 12.8 Å². The van der Waals surface area contributed by atoms with Crippen LogP contribution in [0.15, 0.2) is 0 Å². The molecule has 0 saturated carbocycles. The van der Waals surface area contributed by atoms with Gasteiger partial charge < -0.3 is 4.98 Å². The minimum absolute atomic E-state index is 1.05. The van der Waals surface area contributed by atoms with Crippen molar-refractivity contribution in [2.24, 2.45) is 0 Å². The summed E-state index contributed by atoms with van der Waals surface area (Å²) >= 11 is 0. The average molecular weight is 209 g/mol. The topological polar surface area (TPSA) is 41.6 Å². The molecule has 3 heteroatoms. The van der Waals surface area contributed by atoms with E-state index in [1.807, 2.05) is 0 Å². The van der Waals surface area contributed by atoms with E-state index in [1.165, 1.54) is 38.5 Å². The maximum Gasteiger partial charge on any atom is 0.130 e. The fourth-order valence-electron chi connectivity index (χ4n) is 1.65. The molecule has 86 valence electrons. The van der Waals surface area contributed by atoms with Crippen LogP contribution < -0.4 is 0 Å². The summed E-state index contributed by atoms with van der Waals surface area (Å²) in [6.45, 7) is 4.44. The molecule has 0 atom stereocenters. The van der Waals surface area contributed by atoms with Gasteiger partial charge in [-0.05, 0) is 12.8 Å². The van der Waals surface area contributed by atoms with Gasteiger partial charge in [0.25, 0.3) is 0 Å². The maximum atomic E-state index is 4.16. The molecule has 0 bridgehead atoms. The number of hydrogen-bond acceptors (Lipinski definition) is 2. The predicted molar refractivity (Wildman–Crippen MR) is 62.8 cm³/mol. The van der Waals surface area contributed by atoms with E-state index in [9.17, 15) is 0 Å². The molecule has 1 N–H and O–H groups in total. The first-order valence-electron chi connectivity index (χ1n) is 6.27. The van der Waals surface area contributed by atoms with Crippen LogP contribution in [0.3, 0.4) is 0 Å². The minimum atomic E-state index is 1.05. The lowest BCUT2D eigenvalue weighted by molar-refractivity contribution is 0.689. The first-order valence-corrected chi connectivity index (χ1v) is 6.27. The molecule has 0 fully saturated rings. The quantitative estimate of drug-likeness (QED) is 0.668. The number of rotatable bonds is 8. The van der Waals surface area contributed by atoms with E-state index in [0.717, 1.165) is 24.5 Å². The molecule has 0 aromatic carbocycles. The van der Waals surface area contributed by atoms with Gasteiger partial charge in [-0.25, -0.2) is 0 Å². The van der Waals surface area contributed by atoms with Crippen molar-refractivity contribution in [3.63, 3.8) is 0 Å². The largest absolute Gasteiger partial charge is 0.329 e. The second-order valence-corrected chi connectivity index (χ2v) is 4.13. The molecule has 1 aromatic rings. The van der Waals surface area contributed by atoms with Crippen molar-refractivity contribution < 1.29 is 0 Å². The van der Waals surface area contributed by atoms with Crippen LogP contribution in [0.25, 0.3) is 0 Å². The molecule has 1 rings (SSSR count). The van der Waals surface area contributed by atoms with Crippen LogP contribution in [0, 0.1) is 0 Å². The van der Waals surface area contributed by atoms with Crippen molar-refractivity contribution in [3.8, 4) is 0 Å². The summed E-state index contributed by atoms with van der Waals surface area (Å²) in [4.78, 5) is 3.31. The van der Waals surface area contributed by atoms with Gasteiger partial charge in [0, 0.05) is 12.8 Å². The van der Waals surface area contributed by atoms with Gasteiger partial charge in [-0.15, -0.1) is 10.2 Å². The van der Waals surface area contributed by atoms with E-state index in [2.05, 4.69) is 29.0 Å². The molecule has 0 spiro atoms. The van der Waals surface area contributed by atoms with Crippen LogP contribution in [0.2, 0.25) is 0 Å². The molecule has 0 unspecified atom stereocenters. The molecule has 0 aliphatic rings. The molecular formula is C12H23N3. The van der Waals surface area contributed by atoms with Crippen molar-refractivity contribution in [1.29, 1.82) is 0 Å². The normalized spacial score (nSPS) is 10.8. The smallest absolute Gasteiger partial charge is 0.130 e.